The monoisotopic (exact) mass is 469 g/mol. The quantitative estimate of drug-likeness (QED) is 0.466. The van der Waals surface area contributed by atoms with Gasteiger partial charge in [0, 0.05) is 24.6 Å². The highest BCUT2D eigenvalue weighted by atomic mass is 32.2. The van der Waals surface area contributed by atoms with Crippen molar-refractivity contribution in [1.82, 2.24) is 29.9 Å². The Kier molecular flexibility index (Phi) is 6.49. The van der Waals surface area contributed by atoms with Gasteiger partial charge in [-0.05, 0) is 25.0 Å². The van der Waals surface area contributed by atoms with Gasteiger partial charge in [0.05, 0.1) is 5.69 Å². The standard InChI is InChI=1S/C21H23N7O4S/c22-33(31,32)27-13-11-16(12-14-27)20(29)24-25-21(30)18-23-19(15-7-3-1-4-8-15)28(26-18)17-9-5-2-6-10-17/h1-10,16H,11-14H2,(H,24,29)(H,25,30)(H2,22,31,32). The van der Waals surface area contributed by atoms with Crippen LogP contribution in [0.25, 0.3) is 17.1 Å². The van der Waals surface area contributed by atoms with E-state index in [-0.39, 0.29) is 18.9 Å². The lowest BCUT2D eigenvalue weighted by Gasteiger charge is -2.28. The Morgan fingerprint density at radius 2 is 1.55 bits per heavy atom. The molecular formula is C21H23N7O4S. The van der Waals surface area contributed by atoms with Gasteiger partial charge in [0.25, 0.3) is 10.2 Å². The molecule has 2 heterocycles. The normalized spacial score (nSPS) is 15.2. The van der Waals surface area contributed by atoms with E-state index in [1.807, 2.05) is 60.7 Å². The number of hydrogen-bond donors (Lipinski definition) is 3. The predicted molar refractivity (Wildman–Crippen MR) is 120 cm³/mol. The summed E-state index contributed by atoms with van der Waals surface area (Å²) in [7, 11) is -3.77. The van der Waals surface area contributed by atoms with Crippen LogP contribution in [-0.2, 0) is 15.0 Å². The van der Waals surface area contributed by atoms with E-state index in [4.69, 9.17) is 5.14 Å². The molecule has 0 atom stereocenters. The summed E-state index contributed by atoms with van der Waals surface area (Å²) in [6, 6.07) is 18.6. The van der Waals surface area contributed by atoms with Gasteiger partial charge in [0.1, 0.15) is 0 Å². The van der Waals surface area contributed by atoms with Gasteiger partial charge < -0.3 is 0 Å². The molecule has 4 N–H and O–H groups in total. The zero-order valence-corrected chi connectivity index (χ0v) is 18.4. The molecule has 0 aliphatic carbocycles. The van der Waals surface area contributed by atoms with Crippen LogP contribution >= 0.6 is 0 Å². The van der Waals surface area contributed by atoms with Gasteiger partial charge in [-0.3, -0.25) is 20.4 Å². The number of para-hydroxylation sites is 1. The third kappa shape index (κ3) is 5.25. The number of carbonyl (C=O) groups is 2. The Labute approximate surface area is 190 Å². The van der Waals surface area contributed by atoms with Gasteiger partial charge in [-0.2, -0.15) is 12.7 Å². The minimum Gasteiger partial charge on any atom is -0.273 e. The Hall–Kier alpha value is -3.61. The first kappa shape index (κ1) is 22.6. The van der Waals surface area contributed by atoms with Crippen molar-refractivity contribution in [2.45, 2.75) is 12.8 Å². The molecule has 0 unspecified atom stereocenters. The first-order valence-electron chi connectivity index (χ1n) is 10.3. The van der Waals surface area contributed by atoms with Gasteiger partial charge in [-0.1, -0.05) is 48.5 Å². The number of hydrazine groups is 1. The van der Waals surface area contributed by atoms with Crippen LogP contribution in [0.15, 0.2) is 60.7 Å². The van der Waals surface area contributed by atoms with Crippen LogP contribution in [0.3, 0.4) is 0 Å². The molecule has 4 rings (SSSR count). The lowest BCUT2D eigenvalue weighted by molar-refractivity contribution is -0.126. The minimum atomic E-state index is -3.77. The number of piperidine rings is 1. The number of aromatic nitrogens is 3. The Balaban J connectivity index is 1.46. The van der Waals surface area contributed by atoms with E-state index in [9.17, 15) is 18.0 Å². The van der Waals surface area contributed by atoms with Crippen molar-refractivity contribution < 1.29 is 18.0 Å². The molecule has 2 amide bonds. The van der Waals surface area contributed by atoms with Crippen LogP contribution in [-0.4, -0.2) is 52.4 Å². The number of amides is 2. The summed E-state index contributed by atoms with van der Waals surface area (Å²) in [6.45, 7) is 0.294. The second-order valence-corrected chi connectivity index (χ2v) is 9.08. The van der Waals surface area contributed by atoms with Crippen LogP contribution in [0.2, 0.25) is 0 Å². The number of rotatable bonds is 5. The molecule has 0 spiro atoms. The fourth-order valence-corrected chi connectivity index (χ4v) is 4.30. The number of carbonyl (C=O) groups excluding carboxylic acids is 2. The molecule has 2 aromatic carbocycles. The fourth-order valence-electron chi connectivity index (χ4n) is 3.58. The molecule has 1 aliphatic rings. The molecule has 1 aliphatic heterocycles. The third-order valence-corrected chi connectivity index (χ3v) is 6.41. The molecule has 11 nitrogen and oxygen atoms in total. The highest BCUT2D eigenvalue weighted by Gasteiger charge is 2.29. The number of nitrogens with zero attached hydrogens (tertiary/aromatic N) is 4. The number of hydrogen-bond acceptors (Lipinski definition) is 6. The van der Waals surface area contributed by atoms with Crippen LogP contribution in [0, 0.1) is 5.92 Å². The van der Waals surface area contributed by atoms with E-state index >= 15 is 0 Å². The van der Waals surface area contributed by atoms with E-state index in [2.05, 4.69) is 20.9 Å². The summed E-state index contributed by atoms with van der Waals surface area (Å²) < 4.78 is 25.5. The van der Waals surface area contributed by atoms with Gasteiger partial charge in [-0.25, -0.2) is 14.8 Å². The van der Waals surface area contributed by atoms with Crippen LogP contribution in [0.4, 0.5) is 0 Å². The molecule has 0 radical (unpaired) electrons. The van der Waals surface area contributed by atoms with Gasteiger partial charge in [0.2, 0.25) is 11.7 Å². The Morgan fingerprint density at radius 3 is 2.15 bits per heavy atom. The maximum absolute atomic E-state index is 12.7. The minimum absolute atomic E-state index is 0.109. The van der Waals surface area contributed by atoms with Gasteiger partial charge in [0.15, 0.2) is 5.82 Å². The largest absolute Gasteiger partial charge is 0.309 e. The van der Waals surface area contributed by atoms with Crippen molar-refractivity contribution in [2.24, 2.45) is 11.1 Å². The first-order valence-corrected chi connectivity index (χ1v) is 11.8. The SMILES string of the molecule is NS(=O)(=O)N1CCC(C(=O)NNC(=O)c2nc(-c3ccccc3)n(-c3ccccc3)n2)CC1. The highest BCUT2D eigenvalue weighted by Crippen LogP contribution is 2.21. The second kappa shape index (κ2) is 9.48. The van der Waals surface area contributed by atoms with E-state index in [1.165, 1.54) is 0 Å². The van der Waals surface area contributed by atoms with Crippen molar-refractivity contribution in [1.29, 1.82) is 0 Å². The van der Waals surface area contributed by atoms with Crippen molar-refractivity contribution in [3.05, 3.63) is 66.5 Å². The summed E-state index contributed by atoms with van der Waals surface area (Å²) in [4.78, 5) is 29.5. The van der Waals surface area contributed by atoms with Crippen molar-refractivity contribution in [2.75, 3.05) is 13.1 Å². The van der Waals surface area contributed by atoms with Crippen LogP contribution in [0.5, 0.6) is 0 Å². The molecule has 1 aromatic heterocycles. The summed E-state index contributed by atoms with van der Waals surface area (Å²) >= 11 is 0. The smallest absolute Gasteiger partial charge is 0.273 e. The maximum atomic E-state index is 12.7. The van der Waals surface area contributed by atoms with Crippen molar-refractivity contribution in [3.63, 3.8) is 0 Å². The summed E-state index contributed by atoms with van der Waals surface area (Å²) in [5.41, 5.74) is 6.24. The van der Waals surface area contributed by atoms with E-state index in [0.29, 0.717) is 18.7 Å². The molecule has 33 heavy (non-hydrogen) atoms. The molecule has 1 saturated heterocycles. The predicted octanol–water partition coefficient (Wildman–Crippen LogP) is 0.611. The number of nitrogens with two attached hydrogens (primary N) is 1. The topological polar surface area (TPSA) is 152 Å². The second-order valence-electron chi connectivity index (χ2n) is 7.53. The zero-order valence-electron chi connectivity index (χ0n) is 17.6. The summed E-state index contributed by atoms with van der Waals surface area (Å²) in [6.07, 6.45) is 0.606. The van der Waals surface area contributed by atoms with E-state index in [1.54, 1.807) is 4.68 Å². The lowest BCUT2D eigenvalue weighted by Crippen LogP contribution is -2.49. The fraction of sp³-hybridized carbons (Fsp3) is 0.238. The summed E-state index contributed by atoms with van der Waals surface area (Å²) in [5, 5.41) is 9.46. The molecular weight excluding hydrogens is 446 g/mol. The van der Waals surface area contributed by atoms with Crippen LogP contribution < -0.4 is 16.0 Å². The average molecular weight is 470 g/mol. The lowest BCUT2D eigenvalue weighted by atomic mass is 9.98. The van der Waals surface area contributed by atoms with E-state index < -0.39 is 27.9 Å². The maximum Gasteiger partial charge on any atom is 0.309 e. The molecule has 0 bridgehead atoms. The van der Waals surface area contributed by atoms with Crippen LogP contribution in [0.1, 0.15) is 23.5 Å². The number of benzene rings is 2. The highest BCUT2D eigenvalue weighted by molar-refractivity contribution is 7.86. The summed E-state index contributed by atoms with van der Waals surface area (Å²) in [5.74, 6) is -1.16. The van der Waals surface area contributed by atoms with Gasteiger partial charge >= 0.3 is 5.91 Å². The first-order chi connectivity index (χ1) is 15.8. The molecule has 3 aromatic rings. The average Bonchev–Trinajstić information content (AvgIpc) is 3.29. The zero-order chi connectivity index (χ0) is 23.4. The molecule has 0 saturated carbocycles. The number of nitrogens with one attached hydrogen (secondary N) is 2. The molecule has 1 fully saturated rings. The Bertz CT molecular complexity index is 1180. The Morgan fingerprint density at radius 1 is 0.939 bits per heavy atom. The van der Waals surface area contributed by atoms with E-state index in [0.717, 1.165) is 15.6 Å². The molecule has 12 heteroatoms. The van der Waals surface area contributed by atoms with Crippen molar-refractivity contribution >= 4 is 22.0 Å². The van der Waals surface area contributed by atoms with Gasteiger partial charge in [-0.15, -0.1) is 5.10 Å². The van der Waals surface area contributed by atoms with Crippen molar-refractivity contribution in [3.8, 4) is 17.1 Å². The third-order valence-electron chi connectivity index (χ3n) is 5.33. The molecule has 172 valence electrons.